The van der Waals surface area contributed by atoms with Crippen LogP contribution in [0.25, 0.3) is 0 Å². The molecule has 1 atom stereocenters. The zero-order valence-electron chi connectivity index (χ0n) is 2.87. The number of aliphatic imine (C=N–C) groups is 1. The van der Waals surface area contributed by atoms with Gasteiger partial charge in [0, 0.05) is 0 Å². The Bertz CT molecular complexity index is 85.0. The molecule has 0 fully saturated rings. The monoisotopic (exact) mass is 103 g/mol. The molecule has 1 aliphatic heterocycles. The third kappa shape index (κ3) is 0.542. The van der Waals surface area contributed by atoms with Gasteiger partial charge in [-0.1, -0.05) is 11.6 Å². The van der Waals surface area contributed by atoms with Crippen LogP contribution in [0.4, 0.5) is 0 Å². The summed E-state index contributed by atoms with van der Waals surface area (Å²) in [6, 6.07) is 0. The van der Waals surface area contributed by atoms with Crippen molar-refractivity contribution >= 4 is 17.9 Å². The molecule has 0 saturated carbocycles. The topological polar surface area (TPSA) is 37.1 Å². The van der Waals surface area contributed by atoms with Gasteiger partial charge in [0.1, 0.15) is 6.34 Å². The maximum Gasteiger partial charge on any atom is 0.236 e. The molecule has 0 aromatic heterocycles. The third-order valence-electron chi connectivity index (χ3n) is 0.403. The predicted molar refractivity (Wildman–Crippen MR) is 23.0 cm³/mol. The number of nitrogens with zero attached hydrogens (tertiary/aromatic N) is 3. The summed E-state index contributed by atoms with van der Waals surface area (Å²) in [4.78, 5) is 3.54. The maximum atomic E-state index is 5.25. The molecule has 0 spiro atoms. The van der Waals surface area contributed by atoms with Crippen LogP contribution in [0.15, 0.2) is 15.2 Å². The summed E-state index contributed by atoms with van der Waals surface area (Å²) < 4.78 is 0. The fourth-order valence-corrected chi connectivity index (χ4v) is 0.300. The molecule has 0 aromatic rings. The number of halogens is 1. The van der Waals surface area contributed by atoms with Crippen molar-refractivity contribution in [3.05, 3.63) is 0 Å². The Morgan fingerprint density at radius 1 is 1.67 bits per heavy atom. The molecule has 0 saturated heterocycles. The van der Waals surface area contributed by atoms with Crippen molar-refractivity contribution in [2.45, 2.75) is 5.62 Å². The smallest absolute Gasteiger partial charge is 0.228 e. The van der Waals surface area contributed by atoms with E-state index < -0.39 is 5.62 Å². The zero-order valence-corrected chi connectivity index (χ0v) is 3.63. The van der Waals surface area contributed by atoms with Crippen LogP contribution in [-0.4, -0.2) is 12.0 Å². The molecular weight excluding hydrogens is 101 g/mol. The summed E-state index contributed by atoms with van der Waals surface area (Å²) in [6.07, 6.45) is 1.33. The van der Waals surface area contributed by atoms with E-state index in [9.17, 15) is 0 Å². The first kappa shape index (κ1) is 3.74. The van der Waals surface area contributed by atoms with Crippen LogP contribution in [0.2, 0.25) is 0 Å². The van der Waals surface area contributed by atoms with E-state index in [1.807, 2.05) is 0 Å². The first-order valence-corrected chi connectivity index (χ1v) is 1.89. The lowest BCUT2D eigenvalue weighted by molar-refractivity contribution is 0.960. The van der Waals surface area contributed by atoms with Crippen LogP contribution in [-0.2, 0) is 0 Å². The first-order chi connectivity index (χ1) is 2.89. The molecule has 0 bridgehead atoms. The summed E-state index contributed by atoms with van der Waals surface area (Å²) in [5.41, 5.74) is -0.454. The van der Waals surface area contributed by atoms with Crippen molar-refractivity contribution < 1.29 is 0 Å². The van der Waals surface area contributed by atoms with Crippen molar-refractivity contribution in [1.82, 2.24) is 0 Å². The van der Waals surface area contributed by atoms with Gasteiger partial charge in [-0.15, -0.1) is 10.2 Å². The van der Waals surface area contributed by atoms with Gasteiger partial charge in [0.25, 0.3) is 0 Å². The number of alkyl halides is 1. The molecule has 4 heteroatoms. The normalized spacial score (nSPS) is 29.2. The summed E-state index contributed by atoms with van der Waals surface area (Å²) in [6.45, 7) is 0. The lowest BCUT2D eigenvalue weighted by Gasteiger charge is -1.77. The lowest BCUT2D eigenvalue weighted by Crippen LogP contribution is -1.76. The van der Waals surface area contributed by atoms with Gasteiger partial charge >= 0.3 is 0 Å². The molecule has 1 aliphatic rings. The largest absolute Gasteiger partial charge is 0.236 e. The maximum absolute atomic E-state index is 5.25. The van der Waals surface area contributed by atoms with Gasteiger partial charge in [0.05, 0.1) is 0 Å². The minimum absolute atomic E-state index is 0.454. The predicted octanol–water partition coefficient (Wildman–Crippen LogP) is 1.00. The van der Waals surface area contributed by atoms with Gasteiger partial charge in [0.15, 0.2) is 0 Å². The SMILES string of the molecule is ClC1N=CN=N1. The average molecular weight is 104 g/mol. The second-order valence-corrected chi connectivity index (χ2v) is 1.20. The van der Waals surface area contributed by atoms with Crippen molar-refractivity contribution in [3.8, 4) is 0 Å². The Balaban J connectivity index is 2.60. The van der Waals surface area contributed by atoms with E-state index in [0.717, 1.165) is 0 Å². The number of hydrogen-bond donors (Lipinski definition) is 0. The molecule has 0 amide bonds. The quantitative estimate of drug-likeness (QED) is 0.324. The van der Waals surface area contributed by atoms with Crippen LogP contribution in [0.3, 0.4) is 0 Å². The Labute approximate surface area is 39.7 Å². The van der Waals surface area contributed by atoms with E-state index in [2.05, 4.69) is 15.2 Å². The summed E-state index contributed by atoms with van der Waals surface area (Å²) >= 11 is 5.25. The highest BCUT2D eigenvalue weighted by Gasteiger charge is 1.96. The Morgan fingerprint density at radius 2 is 2.50 bits per heavy atom. The van der Waals surface area contributed by atoms with Crippen LogP contribution in [0, 0.1) is 0 Å². The number of rotatable bonds is 0. The molecule has 0 N–H and O–H groups in total. The zero-order chi connectivity index (χ0) is 4.41. The second kappa shape index (κ2) is 1.34. The second-order valence-electron chi connectivity index (χ2n) is 0.806. The molecule has 6 heavy (non-hydrogen) atoms. The van der Waals surface area contributed by atoms with Crippen LogP contribution in [0.1, 0.15) is 0 Å². The standard InChI is InChI=1S/C2H2ClN3/c3-2-4-1-5-6-2/h1-2H. The van der Waals surface area contributed by atoms with Gasteiger partial charge in [-0.3, -0.25) is 0 Å². The van der Waals surface area contributed by atoms with Gasteiger partial charge in [-0.05, 0) is 0 Å². The van der Waals surface area contributed by atoms with Crippen LogP contribution >= 0.6 is 11.6 Å². The van der Waals surface area contributed by atoms with Gasteiger partial charge in [0.2, 0.25) is 5.62 Å². The van der Waals surface area contributed by atoms with Crippen molar-refractivity contribution in [3.63, 3.8) is 0 Å². The lowest BCUT2D eigenvalue weighted by atomic mass is 11.2. The number of hydrogen-bond acceptors (Lipinski definition) is 3. The van der Waals surface area contributed by atoms with E-state index in [1.54, 1.807) is 0 Å². The molecule has 0 aliphatic carbocycles. The Hall–Kier alpha value is -0.440. The molecular formula is C2H2ClN3. The fraction of sp³-hybridized carbons (Fsp3) is 0.500. The van der Waals surface area contributed by atoms with Crippen LogP contribution in [0.5, 0.6) is 0 Å². The highest BCUT2D eigenvalue weighted by Crippen LogP contribution is 2.02. The van der Waals surface area contributed by atoms with Crippen molar-refractivity contribution in [1.29, 1.82) is 0 Å². The first-order valence-electron chi connectivity index (χ1n) is 1.45. The Morgan fingerprint density at radius 3 is 2.67 bits per heavy atom. The molecule has 1 heterocycles. The molecule has 1 unspecified atom stereocenters. The summed E-state index contributed by atoms with van der Waals surface area (Å²) in [5.74, 6) is 0. The molecule has 3 nitrogen and oxygen atoms in total. The molecule has 0 radical (unpaired) electrons. The van der Waals surface area contributed by atoms with Gasteiger partial charge < -0.3 is 0 Å². The van der Waals surface area contributed by atoms with Gasteiger partial charge in [-0.2, -0.15) is 0 Å². The van der Waals surface area contributed by atoms with E-state index >= 15 is 0 Å². The van der Waals surface area contributed by atoms with E-state index in [0.29, 0.717) is 0 Å². The summed E-state index contributed by atoms with van der Waals surface area (Å²) in [5, 5.41) is 6.77. The highest BCUT2D eigenvalue weighted by atomic mass is 35.5. The van der Waals surface area contributed by atoms with E-state index in [4.69, 9.17) is 11.6 Å². The molecule has 32 valence electrons. The minimum atomic E-state index is -0.454. The highest BCUT2D eigenvalue weighted by molar-refractivity contribution is 6.20. The van der Waals surface area contributed by atoms with E-state index in [-0.39, 0.29) is 0 Å². The molecule has 1 rings (SSSR count). The Kier molecular flexibility index (Phi) is 0.837. The average Bonchev–Trinajstić information content (AvgIpc) is 1.86. The van der Waals surface area contributed by atoms with E-state index in [1.165, 1.54) is 6.34 Å². The molecule has 0 aromatic carbocycles. The fourth-order valence-electron chi connectivity index (χ4n) is 0.199. The summed E-state index contributed by atoms with van der Waals surface area (Å²) in [7, 11) is 0. The van der Waals surface area contributed by atoms with Crippen molar-refractivity contribution in [2.24, 2.45) is 15.2 Å². The third-order valence-corrected chi connectivity index (χ3v) is 0.603. The van der Waals surface area contributed by atoms with Crippen molar-refractivity contribution in [2.75, 3.05) is 0 Å². The van der Waals surface area contributed by atoms with Crippen LogP contribution < -0.4 is 0 Å². The number of azo groups is 1. The minimum Gasteiger partial charge on any atom is -0.228 e. The van der Waals surface area contributed by atoms with Gasteiger partial charge in [-0.25, -0.2) is 4.99 Å².